The Kier molecular flexibility index (Phi) is 6.51. The first-order valence-corrected chi connectivity index (χ1v) is 7.73. The zero-order valence-electron chi connectivity index (χ0n) is 13.2. The van der Waals surface area contributed by atoms with Gasteiger partial charge in [-0.15, -0.1) is 0 Å². The summed E-state index contributed by atoms with van der Waals surface area (Å²) in [5.41, 5.74) is 1.91. The number of amides is 2. The number of nitrogens with zero attached hydrogens (tertiary/aromatic N) is 2. The largest absolute Gasteiger partial charge is 0.447 e. The number of aromatic nitrogens is 1. The van der Waals surface area contributed by atoms with Gasteiger partial charge < -0.3 is 4.74 Å². The van der Waals surface area contributed by atoms with E-state index in [1.807, 2.05) is 18.2 Å². The van der Waals surface area contributed by atoms with Gasteiger partial charge in [-0.2, -0.15) is 0 Å². The summed E-state index contributed by atoms with van der Waals surface area (Å²) in [5, 5.41) is 0.525. The summed E-state index contributed by atoms with van der Waals surface area (Å²) in [4.78, 5) is 27.7. The molecule has 1 aromatic carbocycles. The van der Waals surface area contributed by atoms with E-state index in [2.05, 4.69) is 28.8 Å². The summed E-state index contributed by atoms with van der Waals surface area (Å²) in [6.45, 7) is 2.62. The Hall–Kier alpha value is -2.66. The highest BCUT2D eigenvalue weighted by Crippen LogP contribution is 2.08. The van der Waals surface area contributed by atoms with E-state index in [1.165, 1.54) is 23.9 Å². The van der Waals surface area contributed by atoms with Crippen molar-refractivity contribution in [2.45, 2.75) is 6.92 Å². The smallest absolute Gasteiger partial charge is 0.416 e. The van der Waals surface area contributed by atoms with E-state index < -0.39 is 12.0 Å². The van der Waals surface area contributed by atoms with Crippen molar-refractivity contribution in [3.63, 3.8) is 0 Å². The Morgan fingerprint density at radius 3 is 2.50 bits per heavy atom. The van der Waals surface area contributed by atoms with Crippen LogP contribution < -0.4 is 0 Å². The molecule has 1 aliphatic heterocycles. The van der Waals surface area contributed by atoms with E-state index in [0.29, 0.717) is 10.7 Å². The molecule has 1 aliphatic rings. The molecule has 2 aromatic rings. The molecule has 0 atom stereocenters. The molecular formula is C18H17ClN2O3. The third-order valence-corrected chi connectivity index (χ3v) is 3.34. The van der Waals surface area contributed by atoms with Crippen LogP contribution in [0, 0.1) is 6.92 Å². The first-order chi connectivity index (χ1) is 11.6. The van der Waals surface area contributed by atoms with Crippen molar-refractivity contribution in [2.24, 2.45) is 0 Å². The fourth-order valence-corrected chi connectivity index (χ4v) is 1.97. The van der Waals surface area contributed by atoms with Crippen molar-refractivity contribution in [3.05, 3.63) is 71.0 Å². The fourth-order valence-electron chi connectivity index (χ4n) is 1.86. The SMILES string of the molecule is Cc1ccccc1.O=C(/C=C/c1ccc(Cl)cn1)N1CCOC1=O. The van der Waals surface area contributed by atoms with Crippen molar-refractivity contribution in [3.8, 4) is 0 Å². The quantitative estimate of drug-likeness (QED) is 0.779. The summed E-state index contributed by atoms with van der Waals surface area (Å²) in [7, 11) is 0. The van der Waals surface area contributed by atoms with Crippen LogP contribution in [-0.2, 0) is 9.53 Å². The van der Waals surface area contributed by atoms with Crippen molar-refractivity contribution in [2.75, 3.05) is 13.2 Å². The van der Waals surface area contributed by atoms with E-state index in [-0.39, 0.29) is 13.2 Å². The third-order valence-electron chi connectivity index (χ3n) is 3.11. The standard InChI is InChI=1S/C11H9ClN2O3.C7H8/c12-8-1-2-9(13-7-8)3-4-10(15)14-5-6-17-11(14)16;1-7-5-3-2-4-6-7/h1-4,7H,5-6H2;2-6H,1H3/b4-3+;. The number of ether oxygens (including phenoxy) is 1. The van der Waals surface area contributed by atoms with Gasteiger partial charge in [0.15, 0.2) is 0 Å². The summed E-state index contributed by atoms with van der Waals surface area (Å²) < 4.78 is 4.65. The Bertz CT molecular complexity index is 715. The Morgan fingerprint density at radius 2 is 2.00 bits per heavy atom. The molecule has 6 heteroatoms. The zero-order chi connectivity index (χ0) is 17.4. The number of hydrogen-bond acceptors (Lipinski definition) is 4. The average molecular weight is 345 g/mol. The normalized spacial score (nSPS) is 13.4. The number of rotatable bonds is 2. The van der Waals surface area contributed by atoms with Crippen molar-refractivity contribution >= 4 is 29.7 Å². The van der Waals surface area contributed by atoms with Gasteiger partial charge in [0, 0.05) is 12.3 Å². The molecule has 0 aliphatic carbocycles. The molecular weight excluding hydrogens is 328 g/mol. The molecule has 0 bridgehead atoms. The molecule has 1 fully saturated rings. The molecule has 0 spiro atoms. The number of aryl methyl sites for hydroxylation is 1. The monoisotopic (exact) mass is 344 g/mol. The number of halogens is 1. The maximum absolute atomic E-state index is 11.6. The molecule has 0 N–H and O–H groups in total. The zero-order valence-corrected chi connectivity index (χ0v) is 13.9. The van der Waals surface area contributed by atoms with Gasteiger partial charge in [-0.3, -0.25) is 9.78 Å². The first-order valence-electron chi connectivity index (χ1n) is 7.36. The number of hydrogen-bond donors (Lipinski definition) is 0. The van der Waals surface area contributed by atoms with Crippen LogP contribution >= 0.6 is 11.6 Å². The first kappa shape index (κ1) is 17.7. The topological polar surface area (TPSA) is 59.5 Å². The number of pyridine rings is 1. The summed E-state index contributed by atoms with van der Waals surface area (Å²) in [6.07, 6.45) is 3.67. The van der Waals surface area contributed by atoms with Gasteiger partial charge >= 0.3 is 6.09 Å². The highest BCUT2D eigenvalue weighted by molar-refractivity contribution is 6.30. The van der Waals surface area contributed by atoms with Crippen molar-refractivity contribution in [1.29, 1.82) is 0 Å². The van der Waals surface area contributed by atoms with Gasteiger partial charge in [0.05, 0.1) is 17.3 Å². The van der Waals surface area contributed by atoms with Crippen LogP contribution in [0.25, 0.3) is 6.08 Å². The lowest BCUT2D eigenvalue weighted by atomic mass is 10.2. The molecule has 1 saturated heterocycles. The number of imide groups is 1. The second-order valence-electron chi connectivity index (χ2n) is 4.99. The lowest BCUT2D eigenvalue weighted by Crippen LogP contribution is -2.29. The molecule has 0 radical (unpaired) electrons. The molecule has 2 heterocycles. The molecule has 5 nitrogen and oxygen atoms in total. The van der Waals surface area contributed by atoms with Crippen LogP contribution in [0.15, 0.2) is 54.7 Å². The number of cyclic esters (lactones) is 1. The minimum Gasteiger partial charge on any atom is -0.447 e. The number of benzene rings is 1. The van der Waals surface area contributed by atoms with Crippen molar-refractivity contribution in [1.82, 2.24) is 9.88 Å². The van der Waals surface area contributed by atoms with E-state index in [4.69, 9.17) is 11.6 Å². The van der Waals surface area contributed by atoms with Crippen molar-refractivity contribution < 1.29 is 14.3 Å². The van der Waals surface area contributed by atoms with Gasteiger partial charge in [-0.1, -0.05) is 47.5 Å². The molecule has 24 heavy (non-hydrogen) atoms. The van der Waals surface area contributed by atoms with Gasteiger partial charge in [0.1, 0.15) is 6.61 Å². The molecule has 1 aromatic heterocycles. The highest BCUT2D eigenvalue weighted by Gasteiger charge is 2.26. The Labute approximate surface area is 145 Å². The predicted molar refractivity (Wildman–Crippen MR) is 92.5 cm³/mol. The van der Waals surface area contributed by atoms with Gasteiger partial charge in [0.25, 0.3) is 5.91 Å². The van der Waals surface area contributed by atoms with Gasteiger partial charge in [-0.05, 0) is 25.1 Å². The number of carbonyl (C=O) groups excluding carboxylic acids is 2. The van der Waals surface area contributed by atoms with E-state index in [1.54, 1.807) is 12.1 Å². The maximum Gasteiger partial charge on any atom is 0.416 e. The molecule has 2 amide bonds. The van der Waals surface area contributed by atoms with Crippen LogP contribution in [0.2, 0.25) is 5.02 Å². The minimum atomic E-state index is -0.608. The van der Waals surface area contributed by atoms with E-state index in [9.17, 15) is 9.59 Å². The minimum absolute atomic E-state index is 0.248. The summed E-state index contributed by atoms with van der Waals surface area (Å²) in [5.74, 6) is -0.413. The Balaban J connectivity index is 0.000000249. The van der Waals surface area contributed by atoms with Crippen LogP contribution in [0.5, 0.6) is 0 Å². The lowest BCUT2D eigenvalue weighted by Gasteiger charge is -2.06. The highest BCUT2D eigenvalue weighted by atomic mass is 35.5. The second kappa shape index (κ2) is 8.84. The second-order valence-corrected chi connectivity index (χ2v) is 5.43. The molecule has 3 rings (SSSR count). The van der Waals surface area contributed by atoms with Gasteiger partial charge in [0.2, 0.25) is 0 Å². The molecule has 0 saturated carbocycles. The van der Waals surface area contributed by atoms with Gasteiger partial charge in [-0.25, -0.2) is 9.69 Å². The van der Waals surface area contributed by atoms with Crippen LogP contribution in [0.1, 0.15) is 11.3 Å². The van der Waals surface area contributed by atoms with Crippen LogP contribution in [-0.4, -0.2) is 35.0 Å². The van der Waals surface area contributed by atoms with E-state index >= 15 is 0 Å². The maximum atomic E-state index is 11.6. The Morgan fingerprint density at radius 1 is 1.25 bits per heavy atom. The fraction of sp³-hybridized carbons (Fsp3) is 0.167. The summed E-state index contributed by atoms with van der Waals surface area (Å²) >= 11 is 5.67. The summed E-state index contributed by atoms with van der Waals surface area (Å²) in [6, 6.07) is 13.6. The third kappa shape index (κ3) is 5.52. The molecule has 124 valence electrons. The lowest BCUT2D eigenvalue weighted by molar-refractivity contribution is -0.122. The molecule has 0 unspecified atom stereocenters. The predicted octanol–water partition coefficient (Wildman–Crippen LogP) is 3.72. The van der Waals surface area contributed by atoms with Crippen LogP contribution in [0.3, 0.4) is 0 Å². The number of carbonyl (C=O) groups is 2. The average Bonchev–Trinajstić information content (AvgIpc) is 3.01. The van der Waals surface area contributed by atoms with Crippen LogP contribution in [0.4, 0.5) is 4.79 Å². The van der Waals surface area contributed by atoms with E-state index in [0.717, 1.165) is 4.90 Å².